The standard InChI is InChI=1S/C17H14ClNO3/c1-12(22-16-5-3-2-4-14(16)10-19)17(20)21-11-13-6-8-15(18)9-7-13/h2-9,12H,11H2,1H3. The largest absolute Gasteiger partial charge is 0.478 e. The predicted molar refractivity (Wildman–Crippen MR) is 82.5 cm³/mol. The van der Waals surface area contributed by atoms with E-state index in [0.29, 0.717) is 16.3 Å². The smallest absolute Gasteiger partial charge is 0.347 e. The van der Waals surface area contributed by atoms with Crippen LogP contribution in [-0.2, 0) is 16.1 Å². The van der Waals surface area contributed by atoms with Gasteiger partial charge in [0.25, 0.3) is 0 Å². The fourth-order valence-corrected chi connectivity index (χ4v) is 1.88. The van der Waals surface area contributed by atoms with Crippen LogP contribution in [0.4, 0.5) is 0 Å². The van der Waals surface area contributed by atoms with Crippen LogP contribution in [-0.4, -0.2) is 12.1 Å². The Morgan fingerprint density at radius 3 is 2.59 bits per heavy atom. The van der Waals surface area contributed by atoms with Crippen LogP contribution in [0.3, 0.4) is 0 Å². The van der Waals surface area contributed by atoms with Gasteiger partial charge in [0.1, 0.15) is 18.4 Å². The Bertz CT molecular complexity index is 692. The topological polar surface area (TPSA) is 59.3 Å². The van der Waals surface area contributed by atoms with E-state index in [2.05, 4.69) is 0 Å². The zero-order chi connectivity index (χ0) is 15.9. The molecule has 0 aliphatic rings. The minimum absolute atomic E-state index is 0.142. The van der Waals surface area contributed by atoms with Crippen LogP contribution in [0.1, 0.15) is 18.1 Å². The minimum Gasteiger partial charge on any atom is -0.478 e. The Labute approximate surface area is 133 Å². The van der Waals surface area contributed by atoms with Gasteiger partial charge in [-0.2, -0.15) is 5.26 Å². The van der Waals surface area contributed by atoms with Gasteiger partial charge in [-0.1, -0.05) is 35.9 Å². The molecule has 0 aliphatic heterocycles. The number of para-hydroxylation sites is 1. The number of benzene rings is 2. The fourth-order valence-electron chi connectivity index (χ4n) is 1.75. The molecule has 1 atom stereocenters. The summed E-state index contributed by atoms with van der Waals surface area (Å²) in [7, 11) is 0. The number of carbonyl (C=O) groups excluding carboxylic acids is 1. The maximum Gasteiger partial charge on any atom is 0.347 e. The first kappa shape index (κ1) is 15.9. The first-order chi connectivity index (χ1) is 10.6. The Morgan fingerprint density at radius 2 is 1.91 bits per heavy atom. The lowest BCUT2D eigenvalue weighted by Crippen LogP contribution is -2.26. The lowest BCUT2D eigenvalue weighted by Gasteiger charge is -2.14. The van der Waals surface area contributed by atoms with Crippen LogP contribution in [0.2, 0.25) is 5.02 Å². The van der Waals surface area contributed by atoms with Crippen LogP contribution < -0.4 is 4.74 Å². The molecule has 2 aromatic rings. The number of hydrogen-bond donors (Lipinski definition) is 0. The first-order valence-electron chi connectivity index (χ1n) is 6.67. The van der Waals surface area contributed by atoms with Gasteiger partial charge in [0.05, 0.1) is 5.56 Å². The molecule has 0 bridgehead atoms. The van der Waals surface area contributed by atoms with Gasteiger partial charge in [0.2, 0.25) is 0 Å². The van der Waals surface area contributed by atoms with E-state index in [1.54, 1.807) is 55.5 Å². The zero-order valence-electron chi connectivity index (χ0n) is 12.0. The molecule has 22 heavy (non-hydrogen) atoms. The zero-order valence-corrected chi connectivity index (χ0v) is 12.7. The molecule has 0 radical (unpaired) electrons. The number of halogens is 1. The van der Waals surface area contributed by atoms with Gasteiger partial charge in [0.15, 0.2) is 6.10 Å². The monoisotopic (exact) mass is 315 g/mol. The summed E-state index contributed by atoms with van der Waals surface area (Å²) in [6.45, 7) is 1.72. The van der Waals surface area contributed by atoms with E-state index in [4.69, 9.17) is 26.3 Å². The van der Waals surface area contributed by atoms with Crippen LogP contribution in [0.15, 0.2) is 48.5 Å². The van der Waals surface area contributed by atoms with Crippen LogP contribution in [0.25, 0.3) is 0 Å². The van der Waals surface area contributed by atoms with Crippen molar-refractivity contribution in [1.29, 1.82) is 5.26 Å². The Balaban J connectivity index is 1.92. The van der Waals surface area contributed by atoms with E-state index < -0.39 is 12.1 Å². The highest BCUT2D eigenvalue weighted by Gasteiger charge is 2.17. The van der Waals surface area contributed by atoms with E-state index in [-0.39, 0.29) is 6.61 Å². The van der Waals surface area contributed by atoms with Gasteiger partial charge in [-0.05, 0) is 36.8 Å². The number of nitrogens with zero attached hydrogens (tertiary/aromatic N) is 1. The normalized spacial score (nSPS) is 11.3. The molecule has 0 saturated carbocycles. The van der Waals surface area contributed by atoms with Crippen LogP contribution >= 0.6 is 11.6 Å². The van der Waals surface area contributed by atoms with Crippen molar-refractivity contribution < 1.29 is 14.3 Å². The average molecular weight is 316 g/mol. The molecular formula is C17H14ClNO3. The second-order valence-electron chi connectivity index (χ2n) is 4.60. The van der Waals surface area contributed by atoms with Crippen molar-refractivity contribution in [2.45, 2.75) is 19.6 Å². The summed E-state index contributed by atoms with van der Waals surface area (Å²) < 4.78 is 10.7. The van der Waals surface area contributed by atoms with Gasteiger partial charge in [-0.3, -0.25) is 0 Å². The Morgan fingerprint density at radius 1 is 1.23 bits per heavy atom. The molecule has 2 rings (SSSR count). The van der Waals surface area contributed by atoms with Crippen molar-refractivity contribution in [1.82, 2.24) is 0 Å². The van der Waals surface area contributed by atoms with Gasteiger partial charge < -0.3 is 9.47 Å². The van der Waals surface area contributed by atoms with E-state index in [0.717, 1.165) is 5.56 Å². The fraction of sp³-hybridized carbons (Fsp3) is 0.176. The molecule has 2 aromatic carbocycles. The predicted octanol–water partition coefficient (Wildman–Crippen LogP) is 3.72. The summed E-state index contributed by atoms with van der Waals surface area (Å²) in [5.74, 6) is -0.136. The number of esters is 1. The SMILES string of the molecule is CC(Oc1ccccc1C#N)C(=O)OCc1ccc(Cl)cc1. The third kappa shape index (κ3) is 4.24. The maximum absolute atomic E-state index is 11.9. The summed E-state index contributed by atoms with van der Waals surface area (Å²) in [6.07, 6.45) is -0.804. The summed E-state index contributed by atoms with van der Waals surface area (Å²) in [6, 6.07) is 15.8. The molecule has 5 heteroatoms. The van der Waals surface area contributed by atoms with Crippen molar-refractivity contribution in [2.75, 3.05) is 0 Å². The number of rotatable bonds is 5. The van der Waals surface area contributed by atoms with E-state index in [1.165, 1.54) is 0 Å². The molecule has 0 spiro atoms. The quantitative estimate of drug-likeness (QED) is 0.789. The third-order valence-electron chi connectivity index (χ3n) is 2.94. The van der Waals surface area contributed by atoms with Gasteiger partial charge >= 0.3 is 5.97 Å². The number of ether oxygens (including phenoxy) is 2. The highest BCUT2D eigenvalue weighted by atomic mass is 35.5. The molecule has 0 saturated heterocycles. The highest BCUT2D eigenvalue weighted by molar-refractivity contribution is 6.30. The van der Waals surface area contributed by atoms with E-state index in [1.807, 2.05) is 6.07 Å². The van der Waals surface area contributed by atoms with Crippen molar-refractivity contribution in [3.05, 3.63) is 64.7 Å². The molecular weight excluding hydrogens is 302 g/mol. The molecule has 4 nitrogen and oxygen atoms in total. The summed E-state index contributed by atoms with van der Waals surface area (Å²) in [5.41, 5.74) is 1.21. The number of hydrogen-bond acceptors (Lipinski definition) is 4. The molecule has 0 aromatic heterocycles. The van der Waals surface area contributed by atoms with E-state index >= 15 is 0 Å². The van der Waals surface area contributed by atoms with Crippen molar-refractivity contribution in [3.63, 3.8) is 0 Å². The molecule has 0 heterocycles. The molecule has 0 N–H and O–H groups in total. The summed E-state index contributed by atoms with van der Waals surface area (Å²) in [4.78, 5) is 11.9. The van der Waals surface area contributed by atoms with Gasteiger partial charge in [-0.15, -0.1) is 0 Å². The van der Waals surface area contributed by atoms with Gasteiger partial charge in [0, 0.05) is 5.02 Å². The molecule has 0 fully saturated rings. The summed E-state index contributed by atoms with van der Waals surface area (Å²) in [5, 5.41) is 9.61. The molecule has 1 unspecified atom stereocenters. The Kier molecular flexibility index (Phi) is 5.40. The molecule has 0 aliphatic carbocycles. The second kappa shape index (κ2) is 7.48. The maximum atomic E-state index is 11.9. The van der Waals surface area contributed by atoms with E-state index in [9.17, 15) is 4.79 Å². The second-order valence-corrected chi connectivity index (χ2v) is 5.04. The number of carbonyl (C=O) groups is 1. The average Bonchev–Trinajstić information content (AvgIpc) is 2.54. The number of nitriles is 1. The lowest BCUT2D eigenvalue weighted by molar-refractivity contribution is -0.152. The first-order valence-corrected chi connectivity index (χ1v) is 7.05. The van der Waals surface area contributed by atoms with Crippen LogP contribution in [0.5, 0.6) is 5.75 Å². The highest BCUT2D eigenvalue weighted by Crippen LogP contribution is 2.18. The Hall–Kier alpha value is -2.51. The third-order valence-corrected chi connectivity index (χ3v) is 3.19. The van der Waals surface area contributed by atoms with Crippen molar-refractivity contribution in [3.8, 4) is 11.8 Å². The van der Waals surface area contributed by atoms with Gasteiger partial charge in [-0.25, -0.2) is 4.79 Å². The summed E-state index contributed by atoms with van der Waals surface area (Å²) >= 11 is 5.79. The molecule has 112 valence electrons. The van der Waals surface area contributed by atoms with Crippen molar-refractivity contribution in [2.24, 2.45) is 0 Å². The van der Waals surface area contributed by atoms with Crippen LogP contribution in [0, 0.1) is 11.3 Å². The minimum atomic E-state index is -0.804. The lowest BCUT2D eigenvalue weighted by atomic mass is 10.2. The van der Waals surface area contributed by atoms with Crippen molar-refractivity contribution >= 4 is 17.6 Å². The molecule has 0 amide bonds.